The molecule has 0 spiro atoms. The largest absolute Gasteiger partial charge is 0.369 e. The summed E-state index contributed by atoms with van der Waals surface area (Å²) in [5, 5.41) is 2.84. The second kappa shape index (κ2) is 6.78. The molecule has 0 saturated heterocycles. The minimum atomic E-state index is -0.339. The van der Waals surface area contributed by atoms with Crippen LogP contribution in [0, 0.1) is 11.8 Å². The summed E-state index contributed by atoms with van der Waals surface area (Å²) in [6.07, 6.45) is 4.38. The van der Waals surface area contributed by atoms with E-state index in [9.17, 15) is 9.59 Å². The van der Waals surface area contributed by atoms with E-state index in [2.05, 4.69) is 17.9 Å². The molecule has 2 amide bonds. The maximum absolute atomic E-state index is 11.8. The van der Waals surface area contributed by atoms with Gasteiger partial charge in [0.25, 0.3) is 0 Å². The Morgan fingerprint density at radius 1 is 1.25 bits per heavy atom. The van der Waals surface area contributed by atoms with Crippen LogP contribution < -0.4 is 11.1 Å². The number of hydrogen-bond acceptors (Lipinski definition) is 3. The molecule has 0 aliphatic heterocycles. The standard InChI is InChI=1S/C11H20N2O2S/c12-10(14)8-4-1-2-5-9(8)11(15)13-6-3-7-16/h8-9,16H,1-7H2,(H2,12,14)(H,13,15). The Bertz CT molecular complexity index is 258. The Morgan fingerprint density at radius 2 is 1.88 bits per heavy atom. The first kappa shape index (κ1) is 13.4. The highest BCUT2D eigenvalue weighted by Gasteiger charge is 2.34. The number of carbonyl (C=O) groups is 2. The van der Waals surface area contributed by atoms with E-state index in [1.807, 2.05) is 0 Å². The van der Waals surface area contributed by atoms with Crippen LogP contribution in [0.1, 0.15) is 32.1 Å². The molecule has 0 aromatic heterocycles. The Morgan fingerprint density at radius 3 is 2.44 bits per heavy atom. The monoisotopic (exact) mass is 244 g/mol. The van der Waals surface area contributed by atoms with Crippen molar-refractivity contribution in [3.63, 3.8) is 0 Å². The molecular weight excluding hydrogens is 224 g/mol. The van der Waals surface area contributed by atoms with Crippen molar-refractivity contribution in [3.8, 4) is 0 Å². The summed E-state index contributed by atoms with van der Waals surface area (Å²) < 4.78 is 0. The van der Waals surface area contributed by atoms with Gasteiger partial charge >= 0.3 is 0 Å². The maximum Gasteiger partial charge on any atom is 0.223 e. The zero-order valence-electron chi connectivity index (χ0n) is 9.45. The minimum absolute atomic E-state index is 0.0229. The third kappa shape index (κ3) is 3.70. The second-order valence-electron chi connectivity index (χ2n) is 4.27. The van der Waals surface area contributed by atoms with E-state index < -0.39 is 0 Å². The molecule has 5 heteroatoms. The van der Waals surface area contributed by atoms with Crippen LogP contribution in [0.15, 0.2) is 0 Å². The number of hydrogen-bond donors (Lipinski definition) is 3. The summed E-state index contributed by atoms with van der Waals surface area (Å²) >= 11 is 4.08. The zero-order chi connectivity index (χ0) is 12.0. The smallest absolute Gasteiger partial charge is 0.223 e. The highest BCUT2D eigenvalue weighted by Crippen LogP contribution is 2.29. The maximum atomic E-state index is 11.8. The first-order valence-corrected chi connectivity index (χ1v) is 6.48. The number of nitrogens with two attached hydrogens (primary N) is 1. The van der Waals surface area contributed by atoms with Gasteiger partial charge in [-0.25, -0.2) is 0 Å². The van der Waals surface area contributed by atoms with Crippen molar-refractivity contribution in [2.45, 2.75) is 32.1 Å². The van der Waals surface area contributed by atoms with Crippen LogP contribution in [0.2, 0.25) is 0 Å². The molecule has 0 bridgehead atoms. The summed E-state index contributed by atoms with van der Waals surface area (Å²) in [5.74, 6) is -0.0975. The lowest BCUT2D eigenvalue weighted by atomic mass is 9.78. The van der Waals surface area contributed by atoms with Gasteiger partial charge in [-0.3, -0.25) is 9.59 Å². The molecule has 0 aromatic carbocycles. The van der Waals surface area contributed by atoms with E-state index in [-0.39, 0.29) is 23.7 Å². The van der Waals surface area contributed by atoms with Crippen LogP contribution in [0.4, 0.5) is 0 Å². The fourth-order valence-electron chi connectivity index (χ4n) is 2.21. The summed E-state index contributed by atoms with van der Waals surface area (Å²) in [7, 11) is 0. The minimum Gasteiger partial charge on any atom is -0.369 e. The molecule has 0 radical (unpaired) electrons. The van der Waals surface area contributed by atoms with Crippen LogP contribution in [0.3, 0.4) is 0 Å². The van der Waals surface area contributed by atoms with Gasteiger partial charge in [-0.2, -0.15) is 12.6 Å². The van der Waals surface area contributed by atoms with Crippen molar-refractivity contribution in [1.29, 1.82) is 0 Å². The number of thiol groups is 1. The van der Waals surface area contributed by atoms with E-state index >= 15 is 0 Å². The summed E-state index contributed by atoms with van der Waals surface area (Å²) in [4.78, 5) is 23.1. The number of rotatable bonds is 5. The lowest BCUT2D eigenvalue weighted by molar-refractivity contribution is -0.134. The lowest BCUT2D eigenvalue weighted by Crippen LogP contribution is -2.42. The molecule has 2 atom stereocenters. The van der Waals surface area contributed by atoms with Crippen molar-refractivity contribution in [3.05, 3.63) is 0 Å². The van der Waals surface area contributed by atoms with E-state index in [0.29, 0.717) is 6.54 Å². The molecule has 4 nitrogen and oxygen atoms in total. The molecule has 16 heavy (non-hydrogen) atoms. The van der Waals surface area contributed by atoms with Crippen molar-refractivity contribution in [1.82, 2.24) is 5.32 Å². The van der Waals surface area contributed by atoms with Crippen LogP contribution in [0.5, 0.6) is 0 Å². The van der Waals surface area contributed by atoms with Gasteiger partial charge in [-0.15, -0.1) is 0 Å². The molecule has 1 rings (SSSR count). The first-order valence-electron chi connectivity index (χ1n) is 5.84. The van der Waals surface area contributed by atoms with E-state index in [1.165, 1.54) is 0 Å². The summed E-state index contributed by atoms with van der Waals surface area (Å²) in [6.45, 7) is 0.629. The van der Waals surface area contributed by atoms with Gasteiger partial charge in [0.1, 0.15) is 0 Å². The van der Waals surface area contributed by atoms with Gasteiger partial charge in [-0.1, -0.05) is 12.8 Å². The van der Waals surface area contributed by atoms with Crippen LogP contribution in [0.25, 0.3) is 0 Å². The van der Waals surface area contributed by atoms with Gasteiger partial charge in [0.15, 0.2) is 0 Å². The molecule has 1 aliphatic rings. The Hall–Kier alpha value is -0.710. The van der Waals surface area contributed by atoms with E-state index in [1.54, 1.807) is 0 Å². The quantitative estimate of drug-likeness (QED) is 0.492. The summed E-state index contributed by atoms with van der Waals surface area (Å²) in [6, 6.07) is 0. The van der Waals surface area contributed by atoms with Crippen LogP contribution in [-0.4, -0.2) is 24.1 Å². The molecule has 1 aliphatic carbocycles. The van der Waals surface area contributed by atoms with Crippen molar-refractivity contribution < 1.29 is 9.59 Å². The van der Waals surface area contributed by atoms with Crippen molar-refractivity contribution in [2.24, 2.45) is 17.6 Å². The van der Waals surface area contributed by atoms with Crippen molar-refractivity contribution in [2.75, 3.05) is 12.3 Å². The predicted molar refractivity (Wildman–Crippen MR) is 66.1 cm³/mol. The molecule has 0 aromatic rings. The number of nitrogens with one attached hydrogen (secondary N) is 1. The van der Waals surface area contributed by atoms with Crippen LogP contribution in [-0.2, 0) is 9.59 Å². The highest BCUT2D eigenvalue weighted by atomic mass is 32.1. The summed E-state index contributed by atoms with van der Waals surface area (Å²) in [5.41, 5.74) is 5.32. The normalized spacial score (nSPS) is 25.1. The first-order chi connectivity index (χ1) is 7.66. The Balaban J connectivity index is 2.47. The molecule has 1 saturated carbocycles. The van der Waals surface area contributed by atoms with Gasteiger partial charge in [0.2, 0.25) is 11.8 Å². The van der Waals surface area contributed by atoms with E-state index in [0.717, 1.165) is 37.9 Å². The number of amides is 2. The molecule has 0 heterocycles. The molecule has 2 unspecified atom stereocenters. The number of carbonyl (C=O) groups excluding carboxylic acids is 2. The predicted octanol–water partition coefficient (Wildman–Crippen LogP) is 0.714. The van der Waals surface area contributed by atoms with E-state index in [4.69, 9.17) is 5.73 Å². The average molecular weight is 244 g/mol. The van der Waals surface area contributed by atoms with Gasteiger partial charge in [0, 0.05) is 18.4 Å². The zero-order valence-corrected chi connectivity index (χ0v) is 10.3. The molecule has 1 fully saturated rings. The topological polar surface area (TPSA) is 72.2 Å². The fraction of sp³-hybridized carbons (Fsp3) is 0.818. The fourth-order valence-corrected chi connectivity index (χ4v) is 2.37. The van der Waals surface area contributed by atoms with Gasteiger partial charge < -0.3 is 11.1 Å². The Kier molecular flexibility index (Phi) is 5.66. The third-order valence-electron chi connectivity index (χ3n) is 3.10. The average Bonchev–Trinajstić information content (AvgIpc) is 2.29. The molecule has 92 valence electrons. The van der Waals surface area contributed by atoms with Crippen molar-refractivity contribution >= 4 is 24.4 Å². The number of primary amides is 1. The second-order valence-corrected chi connectivity index (χ2v) is 4.72. The lowest BCUT2D eigenvalue weighted by Gasteiger charge is -2.28. The SMILES string of the molecule is NC(=O)C1CCCCC1C(=O)NCCCS. The van der Waals surface area contributed by atoms with Crippen LogP contribution >= 0.6 is 12.6 Å². The molecular formula is C11H20N2O2S. The van der Waals surface area contributed by atoms with Gasteiger partial charge in [0.05, 0.1) is 0 Å². The highest BCUT2D eigenvalue weighted by molar-refractivity contribution is 7.80. The Labute approximate surface area is 102 Å². The van der Waals surface area contributed by atoms with Gasteiger partial charge in [-0.05, 0) is 25.0 Å². The third-order valence-corrected chi connectivity index (χ3v) is 3.42. The molecule has 3 N–H and O–H groups in total.